The normalized spacial score (nSPS) is 10.9. The van der Waals surface area contributed by atoms with Crippen LogP contribution in [0.3, 0.4) is 0 Å². The molecule has 2 aromatic rings. The van der Waals surface area contributed by atoms with Gasteiger partial charge in [-0.1, -0.05) is 37.3 Å². The van der Waals surface area contributed by atoms with Crippen LogP contribution in [0.15, 0.2) is 42.6 Å². The molecule has 0 saturated heterocycles. The first-order valence-electron chi connectivity index (χ1n) is 7.91. The second kappa shape index (κ2) is 7.75. The molecule has 0 aliphatic rings. The second-order valence-electron chi connectivity index (χ2n) is 5.84. The molecule has 0 spiro atoms. The smallest absolute Gasteiger partial charge is 0.178 e. The molecule has 0 bridgehead atoms. The van der Waals surface area contributed by atoms with E-state index in [4.69, 9.17) is 5.26 Å². The van der Waals surface area contributed by atoms with E-state index in [1.807, 2.05) is 48.9 Å². The lowest BCUT2D eigenvalue weighted by molar-refractivity contribution is 0.0941. The SMILES string of the molecule is C=C(C)CN(CC)CC(=O)c1cn(CCC#N)c2ccccc12. The third-order valence-corrected chi connectivity index (χ3v) is 3.86. The zero-order valence-corrected chi connectivity index (χ0v) is 13.9. The molecular weight excluding hydrogens is 286 g/mol. The number of aryl methyl sites for hydroxylation is 1. The number of carbonyl (C=O) groups excluding carboxylic acids is 1. The molecule has 4 nitrogen and oxygen atoms in total. The summed E-state index contributed by atoms with van der Waals surface area (Å²) in [5.41, 5.74) is 2.80. The molecule has 23 heavy (non-hydrogen) atoms. The summed E-state index contributed by atoms with van der Waals surface area (Å²) in [4.78, 5) is 14.8. The van der Waals surface area contributed by atoms with Crippen molar-refractivity contribution in [2.45, 2.75) is 26.8 Å². The standard InChI is InChI=1S/C19H23N3O/c1-4-21(12-15(2)3)14-19(23)17-13-22(11-7-10-20)18-9-6-5-8-16(17)18/h5-6,8-9,13H,2,4,7,11-12,14H2,1,3H3. The Balaban J connectivity index is 2.29. The Morgan fingerprint density at radius 3 is 2.74 bits per heavy atom. The van der Waals surface area contributed by atoms with E-state index in [0.717, 1.165) is 35.1 Å². The number of rotatable bonds is 8. The number of carbonyl (C=O) groups is 1. The molecule has 0 aliphatic heterocycles. The van der Waals surface area contributed by atoms with Crippen molar-refractivity contribution in [2.24, 2.45) is 0 Å². The molecule has 4 heteroatoms. The lowest BCUT2D eigenvalue weighted by atomic mass is 10.1. The van der Waals surface area contributed by atoms with Gasteiger partial charge in [-0.3, -0.25) is 9.69 Å². The molecule has 1 aromatic carbocycles. The first kappa shape index (κ1) is 17.0. The van der Waals surface area contributed by atoms with Gasteiger partial charge in [0.2, 0.25) is 0 Å². The number of likely N-dealkylation sites (N-methyl/N-ethyl adjacent to an activating group) is 1. The molecule has 120 valence electrons. The topological polar surface area (TPSA) is 49.0 Å². The van der Waals surface area contributed by atoms with E-state index >= 15 is 0 Å². The summed E-state index contributed by atoms with van der Waals surface area (Å²) in [5, 5.41) is 9.77. The second-order valence-corrected chi connectivity index (χ2v) is 5.84. The Kier molecular flexibility index (Phi) is 5.72. The fourth-order valence-electron chi connectivity index (χ4n) is 2.77. The van der Waals surface area contributed by atoms with Gasteiger partial charge in [0, 0.05) is 35.8 Å². The Hall–Kier alpha value is -2.38. The predicted molar refractivity (Wildman–Crippen MR) is 93.4 cm³/mol. The molecule has 0 amide bonds. The number of hydrogen-bond acceptors (Lipinski definition) is 3. The van der Waals surface area contributed by atoms with E-state index in [1.165, 1.54) is 0 Å². The highest BCUT2D eigenvalue weighted by molar-refractivity contribution is 6.09. The Labute approximate surface area is 137 Å². The fourth-order valence-corrected chi connectivity index (χ4v) is 2.77. The van der Waals surface area contributed by atoms with Gasteiger partial charge in [0.25, 0.3) is 0 Å². The molecule has 0 N–H and O–H groups in total. The number of Topliss-reactive ketones (excluding diaryl/α,β-unsaturated/α-hetero) is 1. The van der Waals surface area contributed by atoms with Gasteiger partial charge in [-0.25, -0.2) is 0 Å². The van der Waals surface area contributed by atoms with Crippen LogP contribution < -0.4 is 0 Å². The van der Waals surface area contributed by atoms with Crippen molar-refractivity contribution in [2.75, 3.05) is 19.6 Å². The third kappa shape index (κ3) is 4.08. The maximum atomic E-state index is 12.7. The Bertz CT molecular complexity index is 752. The van der Waals surface area contributed by atoms with Crippen molar-refractivity contribution in [3.05, 3.63) is 48.2 Å². The third-order valence-electron chi connectivity index (χ3n) is 3.86. The van der Waals surface area contributed by atoms with Crippen LogP contribution in [0.1, 0.15) is 30.6 Å². The van der Waals surface area contributed by atoms with E-state index in [-0.39, 0.29) is 5.78 Å². The summed E-state index contributed by atoms with van der Waals surface area (Å²) >= 11 is 0. The van der Waals surface area contributed by atoms with E-state index < -0.39 is 0 Å². The lowest BCUT2D eigenvalue weighted by Gasteiger charge is -2.19. The minimum Gasteiger partial charge on any atom is -0.346 e. The minimum atomic E-state index is 0.111. The highest BCUT2D eigenvalue weighted by atomic mass is 16.1. The first-order valence-corrected chi connectivity index (χ1v) is 7.91. The number of fused-ring (bicyclic) bond motifs is 1. The highest BCUT2D eigenvalue weighted by Gasteiger charge is 2.17. The number of nitriles is 1. The van der Waals surface area contributed by atoms with Crippen molar-refractivity contribution in [3.8, 4) is 6.07 Å². The van der Waals surface area contributed by atoms with Gasteiger partial charge < -0.3 is 4.57 Å². The monoisotopic (exact) mass is 309 g/mol. The van der Waals surface area contributed by atoms with Gasteiger partial charge in [-0.15, -0.1) is 0 Å². The van der Waals surface area contributed by atoms with Crippen LogP contribution in [-0.4, -0.2) is 34.9 Å². The van der Waals surface area contributed by atoms with E-state index in [0.29, 0.717) is 19.5 Å². The van der Waals surface area contributed by atoms with Gasteiger partial charge in [0.1, 0.15) is 0 Å². The largest absolute Gasteiger partial charge is 0.346 e. The maximum absolute atomic E-state index is 12.7. The number of para-hydroxylation sites is 1. The van der Waals surface area contributed by atoms with Gasteiger partial charge in [0.05, 0.1) is 19.0 Å². The van der Waals surface area contributed by atoms with Gasteiger partial charge >= 0.3 is 0 Å². The number of benzene rings is 1. The van der Waals surface area contributed by atoms with E-state index in [2.05, 4.69) is 17.5 Å². The number of ketones is 1. The highest BCUT2D eigenvalue weighted by Crippen LogP contribution is 2.22. The van der Waals surface area contributed by atoms with Gasteiger partial charge in [0.15, 0.2) is 5.78 Å². The molecule has 0 atom stereocenters. The zero-order chi connectivity index (χ0) is 16.8. The van der Waals surface area contributed by atoms with E-state index in [1.54, 1.807) is 0 Å². The summed E-state index contributed by atoms with van der Waals surface area (Å²) < 4.78 is 2.00. The first-order chi connectivity index (χ1) is 11.1. The molecule has 1 aromatic heterocycles. The minimum absolute atomic E-state index is 0.111. The quantitative estimate of drug-likeness (QED) is 0.552. The summed E-state index contributed by atoms with van der Waals surface area (Å²) in [6.45, 7) is 10.5. The van der Waals surface area contributed by atoms with Crippen molar-refractivity contribution in [1.82, 2.24) is 9.47 Å². The van der Waals surface area contributed by atoms with Gasteiger partial charge in [-0.2, -0.15) is 5.26 Å². The number of nitrogens with zero attached hydrogens (tertiary/aromatic N) is 3. The van der Waals surface area contributed by atoms with Crippen molar-refractivity contribution in [3.63, 3.8) is 0 Å². The molecule has 0 aliphatic carbocycles. The molecular formula is C19H23N3O. The Morgan fingerprint density at radius 2 is 2.09 bits per heavy atom. The van der Waals surface area contributed by atoms with Crippen LogP contribution in [0.4, 0.5) is 0 Å². The average Bonchev–Trinajstić information content (AvgIpc) is 2.90. The molecule has 1 heterocycles. The van der Waals surface area contributed by atoms with Crippen LogP contribution >= 0.6 is 0 Å². The summed E-state index contributed by atoms with van der Waals surface area (Å²) in [6, 6.07) is 10.0. The summed E-state index contributed by atoms with van der Waals surface area (Å²) in [7, 11) is 0. The number of aromatic nitrogens is 1. The van der Waals surface area contributed by atoms with E-state index in [9.17, 15) is 4.79 Å². The van der Waals surface area contributed by atoms with Gasteiger partial charge in [-0.05, 0) is 19.5 Å². The van der Waals surface area contributed by atoms with Crippen LogP contribution in [0.2, 0.25) is 0 Å². The van der Waals surface area contributed by atoms with Crippen LogP contribution in [-0.2, 0) is 6.54 Å². The van der Waals surface area contributed by atoms with Crippen molar-refractivity contribution < 1.29 is 4.79 Å². The number of hydrogen-bond donors (Lipinski definition) is 0. The summed E-state index contributed by atoms with van der Waals surface area (Å²) in [5.74, 6) is 0.111. The summed E-state index contributed by atoms with van der Waals surface area (Å²) in [6.07, 6.45) is 2.32. The molecule has 2 rings (SSSR count). The maximum Gasteiger partial charge on any atom is 0.178 e. The van der Waals surface area contributed by atoms with Crippen molar-refractivity contribution in [1.29, 1.82) is 5.26 Å². The van der Waals surface area contributed by atoms with Crippen LogP contribution in [0.5, 0.6) is 0 Å². The fraction of sp³-hybridized carbons (Fsp3) is 0.368. The Morgan fingerprint density at radius 1 is 1.35 bits per heavy atom. The molecule has 0 fully saturated rings. The molecule has 0 radical (unpaired) electrons. The predicted octanol–water partition coefficient (Wildman–Crippen LogP) is 3.64. The van der Waals surface area contributed by atoms with Crippen LogP contribution in [0, 0.1) is 11.3 Å². The molecule has 0 unspecified atom stereocenters. The van der Waals surface area contributed by atoms with Crippen molar-refractivity contribution >= 4 is 16.7 Å². The molecule has 0 saturated carbocycles. The average molecular weight is 309 g/mol. The zero-order valence-electron chi connectivity index (χ0n) is 13.9. The van der Waals surface area contributed by atoms with Crippen LogP contribution in [0.25, 0.3) is 10.9 Å². The lowest BCUT2D eigenvalue weighted by Crippen LogP contribution is -2.31.